The Morgan fingerprint density at radius 3 is 2.44 bits per heavy atom. The van der Waals surface area contributed by atoms with Crippen LogP contribution in [0.3, 0.4) is 0 Å². The van der Waals surface area contributed by atoms with Gasteiger partial charge < -0.3 is 10.4 Å². The lowest BCUT2D eigenvalue weighted by molar-refractivity contribution is -0.140. The predicted molar refractivity (Wildman–Crippen MR) is 64.9 cm³/mol. The van der Waals surface area contributed by atoms with E-state index in [9.17, 15) is 14.0 Å². The number of nitrogens with one attached hydrogen (secondary N) is 1. The van der Waals surface area contributed by atoms with Gasteiger partial charge in [0.1, 0.15) is 11.9 Å². The van der Waals surface area contributed by atoms with Crippen molar-refractivity contribution < 1.29 is 19.1 Å². The third-order valence-electron chi connectivity index (χ3n) is 2.66. The van der Waals surface area contributed by atoms with Crippen LogP contribution in [0.1, 0.15) is 29.8 Å². The second-order valence-corrected chi connectivity index (χ2v) is 4.49. The Morgan fingerprint density at radius 1 is 1.33 bits per heavy atom. The van der Waals surface area contributed by atoms with E-state index in [1.807, 2.05) is 0 Å². The summed E-state index contributed by atoms with van der Waals surface area (Å²) >= 11 is 0. The van der Waals surface area contributed by atoms with Crippen molar-refractivity contribution in [2.75, 3.05) is 0 Å². The third-order valence-corrected chi connectivity index (χ3v) is 2.66. The van der Waals surface area contributed by atoms with Gasteiger partial charge >= 0.3 is 5.97 Å². The number of hydrogen-bond acceptors (Lipinski definition) is 2. The molecule has 1 aromatic rings. The lowest BCUT2D eigenvalue weighted by atomic mass is 10.0. The lowest BCUT2D eigenvalue weighted by Gasteiger charge is -2.18. The lowest BCUT2D eigenvalue weighted by Crippen LogP contribution is -2.44. The summed E-state index contributed by atoms with van der Waals surface area (Å²) in [4.78, 5) is 22.9. The molecule has 18 heavy (non-hydrogen) atoms. The van der Waals surface area contributed by atoms with Gasteiger partial charge in [-0.25, -0.2) is 9.18 Å². The molecular formula is C13H16FNO3. The zero-order valence-electron chi connectivity index (χ0n) is 10.5. The average Bonchev–Trinajstić information content (AvgIpc) is 2.28. The number of aliphatic carboxylic acids is 1. The quantitative estimate of drug-likeness (QED) is 0.862. The van der Waals surface area contributed by atoms with Crippen molar-refractivity contribution in [3.8, 4) is 0 Å². The highest BCUT2D eigenvalue weighted by Gasteiger charge is 2.24. The molecule has 1 aromatic carbocycles. The summed E-state index contributed by atoms with van der Waals surface area (Å²) in [6.45, 7) is 5.05. The molecule has 1 amide bonds. The largest absolute Gasteiger partial charge is 0.480 e. The fourth-order valence-electron chi connectivity index (χ4n) is 1.57. The van der Waals surface area contributed by atoms with E-state index in [0.29, 0.717) is 5.56 Å². The Bertz CT molecular complexity index is 471. The number of carboxylic acid groups (broad SMARTS) is 1. The van der Waals surface area contributed by atoms with Crippen LogP contribution in [0.25, 0.3) is 0 Å². The molecule has 2 N–H and O–H groups in total. The summed E-state index contributed by atoms with van der Waals surface area (Å²) in [6.07, 6.45) is 0. The molecule has 0 radical (unpaired) electrons. The molecular weight excluding hydrogens is 237 g/mol. The van der Waals surface area contributed by atoms with Gasteiger partial charge in [-0.1, -0.05) is 19.9 Å². The van der Waals surface area contributed by atoms with Gasteiger partial charge in [-0.15, -0.1) is 0 Å². The third kappa shape index (κ3) is 3.29. The van der Waals surface area contributed by atoms with Gasteiger partial charge in [0.2, 0.25) is 0 Å². The molecule has 0 unspecified atom stereocenters. The fraction of sp³-hybridized carbons (Fsp3) is 0.385. The van der Waals surface area contributed by atoms with Crippen LogP contribution >= 0.6 is 0 Å². The van der Waals surface area contributed by atoms with E-state index >= 15 is 0 Å². The van der Waals surface area contributed by atoms with E-state index in [4.69, 9.17) is 5.11 Å². The van der Waals surface area contributed by atoms with Crippen LogP contribution in [0.4, 0.5) is 4.39 Å². The maximum atomic E-state index is 13.1. The maximum absolute atomic E-state index is 13.1. The minimum Gasteiger partial charge on any atom is -0.480 e. The number of amides is 1. The van der Waals surface area contributed by atoms with Crippen LogP contribution in [0.15, 0.2) is 18.2 Å². The van der Waals surface area contributed by atoms with E-state index in [1.165, 1.54) is 12.1 Å². The Kier molecular flexibility index (Phi) is 4.42. The number of carbonyl (C=O) groups excluding carboxylic acids is 1. The van der Waals surface area contributed by atoms with E-state index in [0.717, 1.165) is 6.07 Å². The molecule has 0 aromatic heterocycles. The number of carbonyl (C=O) groups is 2. The zero-order valence-corrected chi connectivity index (χ0v) is 10.5. The number of halogens is 1. The SMILES string of the molecule is Cc1ccc(F)cc1C(=O)N[C@@H](C(=O)O)C(C)C. The minimum absolute atomic E-state index is 0.155. The van der Waals surface area contributed by atoms with Crippen LogP contribution in [0.5, 0.6) is 0 Å². The van der Waals surface area contributed by atoms with Gasteiger partial charge in [-0.2, -0.15) is 0 Å². The summed E-state index contributed by atoms with van der Waals surface area (Å²) in [5, 5.41) is 11.4. The predicted octanol–water partition coefficient (Wildman–Crippen LogP) is 1.97. The Balaban J connectivity index is 2.94. The highest BCUT2D eigenvalue weighted by Crippen LogP contribution is 2.11. The van der Waals surface area contributed by atoms with Gasteiger partial charge in [0.15, 0.2) is 0 Å². The smallest absolute Gasteiger partial charge is 0.326 e. The molecule has 0 aliphatic carbocycles. The van der Waals surface area contributed by atoms with Crippen molar-refractivity contribution in [2.45, 2.75) is 26.8 Å². The van der Waals surface area contributed by atoms with Crippen molar-refractivity contribution >= 4 is 11.9 Å². The highest BCUT2D eigenvalue weighted by atomic mass is 19.1. The number of aryl methyl sites for hydroxylation is 1. The van der Waals surface area contributed by atoms with Crippen LogP contribution < -0.4 is 5.32 Å². The maximum Gasteiger partial charge on any atom is 0.326 e. The van der Waals surface area contributed by atoms with E-state index in [2.05, 4.69) is 5.32 Å². The van der Waals surface area contributed by atoms with Crippen molar-refractivity contribution in [2.24, 2.45) is 5.92 Å². The van der Waals surface area contributed by atoms with Gasteiger partial charge in [-0.3, -0.25) is 4.79 Å². The topological polar surface area (TPSA) is 66.4 Å². The number of rotatable bonds is 4. The molecule has 0 bridgehead atoms. The van der Waals surface area contributed by atoms with E-state index in [-0.39, 0.29) is 11.5 Å². The molecule has 0 aliphatic rings. The first-order chi connectivity index (χ1) is 8.32. The minimum atomic E-state index is -1.10. The van der Waals surface area contributed by atoms with Gasteiger partial charge in [0, 0.05) is 5.56 Å². The van der Waals surface area contributed by atoms with Crippen LogP contribution in [-0.2, 0) is 4.79 Å². The van der Waals surface area contributed by atoms with Crippen LogP contribution in [-0.4, -0.2) is 23.0 Å². The van der Waals surface area contributed by atoms with Crippen molar-refractivity contribution in [1.82, 2.24) is 5.32 Å². The molecule has 0 heterocycles. The number of carboxylic acids is 1. The summed E-state index contributed by atoms with van der Waals surface area (Å²) in [7, 11) is 0. The Morgan fingerprint density at radius 2 is 1.94 bits per heavy atom. The summed E-state index contributed by atoms with van der Waals surface area (Å²) < 4.78 is 13.1. The Labute approximate surface area is 105 Å². The molecule has 0 fully saturated rings. The second kappa shape index (κ2) is 5.62. The molecule has 0 aliphatic heterocycles. The first-order valence-corrected chi connectivity index (χ1v) is 5.62. The molecule has 0 saturated heterocycles. The molecule has 0 spiro atoms. The van der Waals surface area contributed by atoms with Crippen molar-refractivity contribution in [3.05, 3.63) is 35.1 Å². The Hall–Kier alpha value is -1.91. The van der Waals surface area contributed by atoms with Gasteiger partial charge in [0.25, 0.3) is 5.91 Å². The number of hydrogen-bond donors (Lipinski definition) is 2. The monoisotopic (exact) mass is 253 g/mol. The second-order valence-electron chi connectivity index (χ2n) is 4.49. The van der Waals surface area contributed by atoms with E-state index in [1.54, 1.807) is 20.8 Å². The summed E-state index contributed by atoms with van der Waals surface area (Å²) in [5.41, 5.74) is 0.753. The fourth-order valence-corrected chi connectivity index (χ4v) is 1.57. The zero-order chi connectivity index (χ0) is 13.9. The molecule has 4 nitrogen and oxygen atoms in total. The van der Waals surface area contributed by atoms with Crippen LogP contribution in [0, 0.1) is 18.7 Å². The van der Waals surface area contributed by atoms with Gasteiger partial charge in [0.05, 0.1) is 0 Å². The van der Waals surface area contributed by atoms with Crippen LogP contribution in [0.2, 0.25) is 0 Å². The summed E-state index contributed by atoms with van der Waals surface area (Å²) in [6, 6.07) is 2.85. The molecule has 5 heteroatoms. The summed E-state index contributed by atoms with van der Waals surface area (Å²) in [5.74, 6) is -2.46. The standard InChI is InChI=1S/C13H16FNO3/c1-7(2)11(13(17)18)15-12(16)10-6-9(14)5-4-8(10)3/h4-7,11H,1-3H3,(H,15,16)(H,17,18)/t11-/m1/s1. The van der Waals surface area contributed by atoms with Crippen molar-refractivity contribution in [3.63, 3.8) is 0 Å². The van der Waals surface area contributed by atoms with E-state index < -0.39 is 23.7 Å². The molecule has 1 atom stereocenters. The van der Waals surface area contributed by atoms with Crippen molar-refractivity contribution in [1.29, 1.82) is 0 Å². The molecule has 1 rings (SSSR count). The average molecular weight is 253 g/mol. The number of benzene rings is 1. The van der Waals surface area contributed by atoms with Gasteiger partial charge in [-0.05, 0) is 30.5 Å². The first kappa shape index (κ1) is 14.2. The normalized spacial score (nSPS) is 12.3. The first-order valence-electron chi connectivity index (χ1n) is 5.62. The molecule has 0 saturated carbocycles. The highest BCUT2D eigenvalue weighted by molar-refractivity contribution is 5.97. The molecule has 98 valence electrons.